The van der Waals surface area contributed by atoms with Gasteiger partial charge < -0.3 is 0 Å². The van der Waals surface area contributed by atoms with Gasteiger partial charge in [-0.3, -0.25) is 0 Å². The molecule has 0 aromatic heterocycles. The van der Waals surface area contributed by atoms with Gasteiger partial charge in [-0.05, 0) is 12.2 Å². The second-order valence-corrected chi connectivity index (χ2v) is 1.94. The van der Waals surface area contributed by atoms with Crippen molar-refractivity contribution in [3.8, 4) is 0 Å². The fourth-order valence-electron chi connectivity index (χ4n) is 0.343. The Hall–Kier alpha value is -0.690. The van der Waals surface area contributed by atoms with Gasteiger partial charge in [0.15, 0.2) is 0 Å². The Morgan fingerprint density at radius 2 is 1.89 bits per heavy atom. The molecule has 0 saturated heterocycles. The van der Waals surface area contributed by atoms with E-state index in [2.05, 4.69) is 25.8 Å². The molecule has 0 rings (SSSR count). The molecular weight excluding hydrogens is 128 g/mol. The highest BCUT2D eigenvalue weighted by Crippen LogP contribution is 2.01. The van der Waals surface area contributed by atoms with E-state index in [0.717, 1.165) is 4.91 Å². The second-order valence-electron chi connectivity index (χ2n) is 1.42. The van der Waals surface area contributed by atoms with Gasteiger partial charge in [-0.1, -0.05) is 31.4 Å². The molecule has 0 N–H and O–H groups in total. The van der Waals surface area contributed by atoms with E-state index in [1.165, 1.54) is 0 Å². The maximum absolute atomic E-state index is 4.10. The molecule has 1 heteroatoms. The summed E-state index contributed by atoms with van der Waals surface area (Å²) < 4.78 is 0. The van der Waals surface area contributed by atoms with Crippen LogP contribution < -0.4 is 0 Å². The van der Waals surface area contributed by atoms with Crippen LogP contribution in [-0.4, -0.2) is 0 Å². The average molecular weight is 138 g/mol. The van der Waals surface area contributed by atoms with E-state index in [0.29, 0.717) is 0 Å². The fourth-order valence-corrected chi connectivity index (χ4v) is 0.534. The van der Waals surface area contributed by atoms with Crippen LogP contribution in [-0.2, 0) is 0 Å². The first-order valence-corrected chi connectivity index (χ1v) is 3.06. The molecule has 0 aliphatic rings. The van der Waals surface area contributed by atoms with Crippen LogP contribution in [0.5, 0.6) is 0 Å². The van der Waals surface area contributed by atoms with Crippen molar-refractivity contribution in [3.63, 3.8) is 0 Å². The Labute approximate surface area is 61.7 Å². The zero-order valence-electron chi connectivity index (χ0n) is 5.25. The van der Waals surface area contributed by atoms with Crippen LogP contribution in [0.15, 0.2) is 48.4 Å². The lowest BCUT2D eigenvalue weighted by molar-refractivity contribution is 1.87. The van der Waals surface area contributed by atoms with Gasteiger partial charge in [-0.2, -0.15) is 0 Å². The second kappa shape index (κ2) is 5.45. The van der Waals surface area contributed by atoms with Crippen LogP contribution in [0.4, 0.5) is 0 Å². The minimum Gasteiger partial charge on any atom is -0.143 e. The molecule has 0 heterocycles. The van der Waals surface area contributed by atoms with Crippen LogP contribution in [0.1, 0.15) is 0 Å². The van der Waals surface area contributed by atoms with Crippen molar-refractivity contribution in [2.24, 2.45) is 0 Å². The summed E-state index contributed by atoms with van der Waals surface area (Å²) in [5.41, 5.74) is 0. The van der Waals surface area contributed by atoms with Gasteiger partial charge in [-0.25, -0.2) is 0 Å². The third kappa shape index (κ3) is 5.18. The summed E-state index contributed by atoms with van der Waals surface area (Å²) in [5.74, 6) is 0. The Morgan fingerprint density at radius 1 is 1.22 bits per heavy atom. The van der Waals surface area contributed by atoms with Crippen molar-refractivity contribution in [1.29, 1.82) is 0 Å². The third-order valence-corrected chi connectivity index (χ3v) is 0.990. The van der Waals surface area contributed by atoms with Crippen LogP contribution in [0.25, 0.3) is 0 Å². The van der Waals surface area contributed by atoms with Crippen molar-refractivity contribution in [3.05, 3.63) is 48.4 Å². The van der Waals surface area contributed by atoms with Crippen molar-refractivity contribution in [2.45, 2.75) is 0 Å². The predicted octanol–water partition coefficient (Wildman–Crippen LogP) is 2.73. The summed E-state index contributed by atoms with van der Waals surface area (Å²) in [6, 6.07) is 0. The topological polar surface area (TPSA) is 0 Å². The molecular formula is C8H10S. The van der Waals surface area contributed by atoms with Crippen LogP contribution in [0.3, 0.4) is 0 Å². The predicted molar refractivity (Wildman–Crippen MR) is 46.6 cm³/mol. The summed E-state index contributed by atoms with van der Waals surface area (Å²) in [4.78, 5) is 0.880. The minimum atomic E-state index is 0.880. The van der Waals surface area contributed by atoms with Gasteiger partial charge in [-0.15, -0.1) is 12.6 Å². The zero-order chi connectivity index (χ0) is 7.11. The van der Waals surface area contributed by atoms with Crippen LogP contribution in [0.2, 0.25) is 0 Å². The lowest BCUT2D eigenvalue weighted by Gasteiger charge is -1.82. The summed E-state index contributed by atoms with van der Waals surface area (Å²) in [6.07, 6.45) is 8.87. The van der Waals surface area contributed by atoms with E-state index < -0.39 is 0 Å². The molecule has 0 aromatic carbocycles. The number of rotatable bonds is 3. The van der Waals surface area contributed by atoms with Gasteiger partial charge in [0.25, 0.3) is 0 Å². The van der Waals surface area contributed by atoms with E-state index in [9.17, 15) is 0 Å². The molecule has 0 atom stereocenters. The quantitative estimate of drug-likeness (QED) is 0.450. The Bertz CT molecular complexity index is 152. The Kier molecular flexibility index (Phi) is 5.03. The van der Waals surface area contributed by atoms with Gasteiger partial charge >= 0.3 is 0 Å². The largest absolute Gasteiger partial charge is 0.143 e. The first-order valence-electron chi connectivity index (χ1n) is 2.62. The van der Waals surface area contributed by atoms with Crippen molar-refractivity contribution < 1.29 is 0 Å². The van der Waals surface area contributed by atoms with Crippen LogP contribution >= 0.6 is 12.6 Å². The Balaban J connectivity index is 3.88. The SMILES string of the molecule is C=C/C=C\C(S)=C/C=C. The lowest BCUT2D eigenvalue weighted by atomic mass is 10.4. The minimum absolute atomic E-state index is 0.880. The summed E-state index contributed by atoms with van der Waals surface area (Å²) in [6.45, 7) is 7.04. The van der Waals surface area contributed by atoms with Gasteiger partial charge in [0.2, 0.25) is 0 Å². The van der Waals surface area contributed by atoms with E-state index in [4.69, 9.17) is 0 Å². The van der Waals surface area contributed by atoms with Crippen molar-refractivity contribution >= 4 is 12.6 Å². The van der Waals surface area contributed by atoms with E-state index in [-0.39, 0.29) is 0 Å². The highest BCUT2D eigenvalue weighted by Gasteiger charge is 1.73. The van der Waals surface area contributed by atoms with E-state index in [1.54, 1.807) is 12.2 Å². The fraction of sp³-hybridized carbons (Fsp3) is 0. The molecule has 0 radical (unpaired) electrons. The first kappa shape index (κ1) is 8.31. The first-order chi connectivity index (χ1) is 4.31. The zero-order valence-corrected chi connectivity index (χ0v) is 6.14. The third-order valence-electron chi connectivity index (χ3n) is 0.692. The van der Waals surface area contributed by atoms with Gasteiger partial charge in [0.05, 0.1) is 0 Å². The highest BCUT2D eigenvalue weighted by atomic mass is 32.1. The smallest absolute Gasteiger partial charge is 0.00397 e. The molecule has 0 unspecified atom stereocenters. The summed E-state index contributed by atoms with van der Waals surface area (Å²) in [7, 11) is 0. The molecule has 9 heavy (non-hydrogen) atoms. The normalized spacial score (nSPS) is 11.9. The molecule has 0 bridgehead atoms. The molecule has 0 spiro atoms. The average Bonchev–Trinajstić information content (AvgIpc) is 1.85. The highest BCUT2D eigenvalue weighted by molar-refractivity contribution is 7.84. The molecule has 0 amide bonds. The maximum Gasteiger partial charge on any atom is 0.00397 e. The molecule has 0 aliphatic carbocycles. The van der Waals surface area contributed by atoms with Gasteiger partial charge in [0.1, 0.15) is 0 Å². The van der Waals surface area contributed by atoms with E-state index in [1.807, 2.05) is 18.2 Å². The number of hydrogen-bond donors (Lipinski definition) is 1. The molecule has 0 aromatic rings. The number of thiol groups is 1. The van der Waals surface area contributed by atoms with E-state index >= 15 is 0 Å². The molecule has 0 fully saturated rings. The van der Waals surface area contributed by atoms with Gasteiger partial charge in [0, 0.05) is 4.91 Å². The summed E-state index contributed by atoms with van der Waals surface area (Å²) >= 11 is 4.10. The standard InChI is InChI=1S/C8H10S/c1-3-5-7-8(9)6-4-2/h3-7,9H,1-2H2/b7-5-,8-6+. The molecule has 0 aliphatic heterocycles. The number of allylic oxidation sites excluding steroid dienone is 5. The maximum atomic E-state index is 4.10. The summed E-state index contributed by atoms with van der Waals surface area (Å²) in [5, 5.41) is 0. The van der Waals surface area contributed by atoms with Crippen molar-refractivity contribution in [1.82, 2.24) is 0 Å². The number of hydrogen-bond acceptors (Lipinski definition) is 1. The molecule has 48 valence electrons. The molecule has 0 nitrogen and oxygen atoms in total. The van der Waals surface area contributed by atoms with Crippen molar-refractivity contribution in [2.75, 3.05) is 0 Å². The Morgan fingerprint density at radius 3 is 2.33 bits per heavy atom. The molecule has 0 saturated carbocycles. The van der Waals surface area contributed by atoms with Crippen LogP contribution in [0, 0.1) is 0 Å². The lowest BCUT2D eigenvalue weighted by Crippen LogP contribution is -1.58. The monoisotopic (exact) mass is 138 g/mol.